The molecule has 0 aromatic carbocycles. The molecule has 2 aromatic rings. The lowest BCUT2D eigenvalue weighted by Crippen LogP contribution is -2.11. The molecular weight excluding hydrogens is 285 g/mol. The summed E-state index contributed by atoms with van der Waals surface area (Å²) in [6, 6.07) is 4.03. The minimum Gasteiger partial charge on any atom is -0.437 e. The molecule has 0 atom stereocenters. The molecule has 0 aliphatic heterocycles. The summed E-state index contributed by atoms with van der Waals surface area (Å²) in [5.41, 5.74) is 5.55. The summed E-state index contributed by atoms with van der Waals surface area (Å²) in [4.78, 5) is 11.1. The number of hydrogen-bond donors (Lipinski definition) is 1. The first-order valence-corrected chi connectivity index (χ1v) is 6.15. The Hall–Kier alpha value is -2.38. The van der Waals surface area contributed by atoms with Crippen molar-refractivity contribution in [2.24, 2.45) is 0 Å². The van der Waals surface area contributed by atoms with E-state index in [0.717, 1.165) is 5.69 Å². The van der Waals surface area contributed by atoms with Crippen LogP contribution in [0.1, 0.15) is 24.0 Å². The first-order chi connectivity index (χ1) is 9.79. The Kier molecular flexibility index (Phi) is 3.97. The molecule has 0 saturated carbocycles. The average Bonchev–Trinajstić information content (AvgIpc) is 2.39. The topological polar surface area (TPSA) is 73.9 Å². The molecule has 0 unspecified atom stereocenters. The lowest BCUT2D eigenvalue weighted by molar-refractivity contribution is -0.141. The molecule has 0 bridgehead atoms. The van der Waals surface area contributed by atoms with E-state index in [-0.39, 0.29) is 5.88 Å². The number of hydrogen-bond acceptors (Lipinski definition) is 5. The molecule has 0 aliphatic rings. The Labute approximate surface area is 119 Å². The molecule has 8 heteroatoms. The number of aromatic nitrogens is 3. The number of ether oxygens (including phenoxy) is 1. The van der Waals surface area contributed by atoms with Crippen LogP contribution in [0.15, 0.2) is 18.2 Å². The summed E-state index contributed by atoms with van der Waals surface area (Å²) in [6.45, 7) is 3.68. The summed E-state index contributed by atoms with van der Waals surface area (Å²) >= 11 is 0. The summed E-state index contributed by atoms with van der Waals surface area (Å²) in [6.07, 6.45) is -4.04. The van der Waals surface area contributed by atoms with Crippen molar-refractivity contribution in [1.29, 1.82) is 0 Å². The van der Waals surface area contributed by atoms with Gasteiger partial charge in [-0.15, -0.1) is 0 Å². The number of nitrogens with zero attached hydrogens (tertiary/aromatic N) is 3. The molecule has 5 nitrogen and oxygen atoms in total. The van der Waals surface area contributed by atoms with Crippen LogP contribution in [0.3, 0.4) is 0 Å². The monoisotopic (exact) mass is 298 g/mol. The molecule has 0 radical (unpaired) electrons. The summed E-state index contributed by atoms with van der Waals surface area (Å²) in [5, 5.41) is 0. The number of anilines is 1. The number of pyridine rings is 1. The highest BCUT2D eigenvalue weighted by Crippen LogP contribution is 2.31. The van der Waals surface area contributed by atoms with Crippen LogP contribution < -0.4 is 10.5 Å². The Morgan fingerprint density at radius 2 is 1.90 bits per heavy atom. The second-order valence-corrected chi connectivity index (χ2v) is 4.30. The first kappa shape index (κ1) is 15.0. The smallest absolute Gasteiger partial charge is 0.433 e. The SMILES string of the molecule is CCc1nc(C)ccc1Oc1cc(C(F)(F)F)nc(N)n1. The van der Waals surface area contributed by atoms with Gasteiger partial charge in [-0.2, -0.15) is 18.2 Å². The van der Waals surface area contributed by atoms with Gasteiger partial charge in [0.05, 0.1) is 5.69 Å². The Morgan fingerprint density at radius 1 is 1.19 bits per heavy atom. The Morgan fingerprint density at radius 3 is 2.52 bits per heavy atom. The summed E-state index contributed by atoms with van der Waals surface area (Å²) in [7, 11) is 0. The molecule has 2 N–H and O–H groups in total. The minimum absolute atomic E-state index is 0.268. The zero-order valence-corrected chi connectivity index (χ0v) is 11.4. The second kappa shape index (κ2) is 5.55. The van der Waals surface area contributed by atoms with Crippen molar-refractivity contribution >= 4 is 5.95 Å². The number of nitrogen functional groups attached to an aromatic ring is 1. The van der Waals surface area contributed by atoms with Gasteiger partial charge in [0.2, 0.25) is 11.8 Å². The third-order valence-corrected chi connectivity index (χ3v) is 2.63. The third kappa shape index (κ3) is 3.59. The van der Waals surface area contributed by atoms with Gasteiger partial charge < -0.3 is 10.5 Å². The van der Waals surface area contributed by atoms with E-state index in [9.17, 15) is 13.2 Å². The number of nitrogens with two attached hydrogens (primary N) is 1. The van der Waals surface area contributed by atoms with Crippen LogP contribution in [-0.4, -0.2) is 15.0 Å². The molecule has 0 saturated heterocycles. The lowest BCUT2D eigenvalue weighted by atomic mass is 10.2. The largest absolute Gasteiger partial charge is 0.437 e. The van der Waals surface area contributed by atoms with Crippen molar-refractivity contribution in [2.45, 2.75) is 26.4 Å². The van der Waals surface area contributed by atoms with Crippen molar-refractivity contribution in [2.75, 3.05) is 5.73 Å². The van der Waals surface area contributed by atoms with E-state index >= 15 is 0 Å². The van der Waals surface area contributed by atoms with Gasteiger partial charge in [-0.3, -0.25) is 4.98 Å². The predicted molar refractivity (Wildman–Crippen MR) is 69.9 cm³/mol. The van der Waals surface area contributed by atoms with Gasteiger partial charge in [0.25, 0.3) is 0 Å². The van der Waals surface area contributed by atoms with Crippen LogP contribution in [0.25, 0.3) is 0 Å². The lowest BCUT2D eigenvalue weighted by Gasteiger charge is -2.11. The van der Waals surface area contributed by atoms with Crippen LogP contribution in [0.4, 0.5) is 19.1 Å². The van der Waals surface area contributed by atoms with Crippen LogP contribution in [0, 0.1) is 6.92 Å². The number of halogens is 3. The molecule has 2 rings (SSSR count). The van der Waals surface area contributed by atoms with Crippen LogP contribution in [-0.2, 0) is 12.6 Å². The van der Waals surface area contributed by atoms with E-state index in [1.54, 1.807) is 12.1 Å². The summed E-state index contributed by atoms with van der Waals surface area (Å²) < 4.78 is 43.4. The molecule has 0 spiro atoms. The molecule has 2 aromatic heterocycles. The van der Waals surface area contributed by atoms with Gasteiger partial charge in [-0.05, 0) is 25.5 Å². The number of alkyl halides is 3. The summed E-state index contributed by atoms with van der Waals surface area (Å²) in [5.74, 6) is -0.428. The minimum atomic E-state index is -4.62. The average molecular weight is 298 g/mol. The van der Waals surface area contributed by atoms with E-state index in [4.69, 9.17) is 10.5 Å². The van der Waals surface area contributed by atoms with Crippen molar-refractivity contribution in [1.82, 2.24) is 15.0 Å². The normalized spacial score (nSPS) is 11.5. The predicted octanol–water partition coefficient (Wildman–Crippen LogP) is 3.14. The highest BCUT2D eigenvalue weighted by atomic mass is 19.4. The van der Waals surface area contributed by atoms with Crippen molar-refractivity contribution < 1.29 is 17.9 Å². The highest BCUT2D eigenvalue weighted by Gasteiger charge is 2.34. The van der Waals surface area contributed by atoms with Gasteiger partial charge in [0.1, 0.15) is 0 Å². The van der Waals surface area contributed by atoms with Crippen LogP contribution in [0.5, 0.6) is 11.6 Å². The molecule has 112 valence electrons. The van der Waals surface area contributed by atoms with Gasteiger partial charge in [-0.25, -0.2) is 4.98 Å². The fourth-order valence-electron chi connectivity index (χ4n) is 1.70. The molecule has 2 heterocycles. The Bertz CT molecular complexity index is 658. The molecule has 21 heavy (non-hydrogen) atoms. The fourth-order valence-corrected chi connectivity index (χ4v) is 1.70. The molecular formula is C13H13F3N4O. The maximum Gasteiger partial charge on any atom is 0.433 e. The molecule has 0 fully saturated rings. The van der Waals surface area contributed by atoms with E-state index in [2.05, 4.69) is 15.0 Å². The van der Waals surface area contributed by atoms with E-state index in [0.29, 0.717) is 23.9 Å². The second-order valence-electron chi connectivity index (χ2n) is 4.30. The van der Waals surface area contributed by atoms with E-state index < -0.39 is 17.8 Å². The van der Waals surface area contributed by atoms with Crippen molar-refractivity contribution in [3.63, 3.8) is 0 Å². The first-order valence-electron chi connectivity index (χ1n) is 6.15. The quantitative estimate of drug-likeness (QED) is 0.942. The zero-order chi connectivity index (χ0) is 15.6. The van der Waals surface area contributed by atoms with Crippen molar-refractivity contribution in [3.8, 4) is 11.6 Å². The fraction of sp³-hybridized carbons (Fsp3) is 0.308. The van der Waals surface area contributed by atoms with Gasteiger partial charge in [-0.1, -0.05) is 6.92 Å². The molecule has 0 aliphatic carbocycles. The number of rotatable bonds is 3. The number of aryl methyl sites for hydroxylation is 2. The van der Waals surface area contributed by atoms with Crippen LogP contribution >= 0.6 is 0 Å². The van der Waals surface area contributed by atoms with Crippen LogP contribution in [0.2, 0.25) is 0 Å². The van der Waals surface area contributed by atoms with E-state index in [1.807, 2.05) is 13.8 Å². The highest BCUT2D eigenvalue weighted by molar-refractivity contribution is 5.35. The van der Waals surface area contributed by atoms with Gasteiger partial charge in [0.15, 0.2) is 11.4 Å². The maximum atomic E-state index is 12.7. The molecule has 0 amide bonds. The standard InChI is InChI=1S/C13H13F3N4O/c1-3-8-9(5-4-7(2)18-8)21-11-6-10(13(14,15)16)19-12(17)20-11/h4-6H,3H2,1-2H3,(H2,17,19,20). The van der Waals surface area contributed by atoms with Gasteiger partial charge >= 0.3 is 6.18 Å². The van der Waals surface area contributed by atoms with Gasteiger partial charge in [0, 0.05) is 11.8 Å². The third-order valence-electron chi connectivity index (χ3n) is 2.63. The van der Waals surface area contributed by atoms with E-state index in [1.165, 1.54) is 0 Å². The Balaban J connectivity index is 2.38. The maximum absolute atomic E-state index is 12.7. The van der Waals surface area contributed by atoms with Crippen molar-refractivity contribution in [3.05, 3.63) is 35.3 Å². The zero-order valence-electron chi connectivity index (χ0n) is 11.4.